The van der Waals surface area contributed by atoms with Crippen LogP contribution in [0.3, 0.4) is 0 Å². The molecule has 6 heteroatoms. The molecule has 0 saturated carbocycles. The molecule has 6 rings (SSSR count). The normalized spacial score (nSPS) is 10.2. The molecule has 0 saturated heterocycles. The molecule has 0 aliphatic heterocycles. The van der Waals surface area contributed by atoms with Crippen LogP contribution in [0.2, 0.25) is 0 Å². The van der Waals surface area contributed by atoms with E-state index in [0.29, 0.717) is 0 Å². The van der Waals surface area contributed by atoms with Gasteiger partial charge in [-0.3, -0.25) is 4.98 Å². The van der Waals surface area contributed by atoms with E-state index in [0.717, 1.165) is 33.4 Å². The molecule has 0 bridgehead atoms. The Morgan fingerprint density at radius 3 is 1.78 bits per heavy atom. The second kappa shape index (κ2) is 10.1. The van der Waals surface area contributed by atoms with Gasteiger partial charge in [0.25, 0.3) is 0 Å². The Hall–Kier alpha value is -3.73. The van der Waals surface area contributed by atoms with Gasteiger partial charge in [0, 0.05) is 50.4 Å². The van der Waals surface area contributed by atoms with Gasteiger partial charge in [-0.1, -0.05) is 47.2 Å². The first-order chi connectivity index (χ1) is 15.4. The maximum absolute atomic E-state index is 4.48. The predicted molar refractivity (Wildman–Crippen MR) is 125 cm³/mol. The Kier molecular flexibility index (Phi) is 6.75. The molecule has 32 heavy (non-hydrogen) atoms. The fourth-order valence-corrected chi connectivity index (χ4v) is 3.50. The summed E-state index contributed by atoms with van der Waals surface area (Å²) in [5, 5.41) is 7.66. The summed E-state index contributed by atoms with van der Waals surface area (Å²) < 4.78 is 0. The van der Waals surface area contributed by atoms with Crippen LogP contribution in [0, 0.1) is 6.07 Å². The summed E-state index contributed by atoms with van der Waals surface area (Å²) in [6.45, 7) is 0. The van der Waals surface area contributed by atoms with Gasteiger partial charge in [0.1, 0.15) is 11.6 Å². The van der Waals surface area contributed by atoms with Crippen molar-refractivity contribution >= 4 is 44.2 Å². The maximum atomic E-state index is 4.48. The Balaban J connectivity index is 0.000000157. The van der Waals surface area contributed by atoms with Crippen LogP contribution >= 0.6 is 0 Å². The number of fused-ring (bicyclic) bond motifs is 6. The number of benzene rings is 3. The van der Waals surface area contributed by atoms with E-state index in [1.54, 1.807) is 24.8 Å². The van der Waals surface area contributed by atoms with E-state index >= 15 is 0 Å². The van der Waals surface area contributed by atoms with Gasteiger partial charge in [0.05, 0.1) is 5.52 Å². The van der Waals surface area contributed by atoms with Gasteiger partial charge in [-0.2, -0.15) is 0 Å². The van der Waals surface area contributed by atoms with Crippen molar-refractivity contribution in [1.82, 2.24) is 19.9 Å². The van der Waals surface area contributed by atoms with Crippen molar-refractivity contribution < 1.29 is 20.1 Å². The van der Waals surface area contributed by atoms with Crippen LogP contribution in [0.5, 0.6) is 0 Å². The third-order valence-electron chi connectivity index (χ3n) is 4.85. The summed E-state index contributed by atoms with van der Waals surface area (Å²) in [5.74, 6) is 1.61. The van der Waals surface area contributed by atoms with Crippen LogP contribution in [0.15, 0.2) is 104 Å². The zero-order valence-electron chi connectivity index (χ0n) is 16.9. The van der Waals surface area contributed by atoms with Crippen molar-refractivity contribution in [3.8, 4) is 0 Å². The minimum absolute atomic E-state index is 0. The molecule has 3 heterocycles. The first kappa shape index (κ1) is 21.5. The average Bonchev–Trinajstić information content (AvgIpc) is 2.86. The molecule has 1 radical (unpaired) electrons. The summed E-state index contributed by atoms with van der Waals surface area (Å²) in [6, 6.07) is 29.0. The van der Waals surface area contributed by atoms with E-state index in [4.69, 9.17) is 0 Å². The van der Waals surface area contributed by atoms with E-state index in [2.05, 4.69) is 55.6 Å². The van der Waals surface area contributed by atoms with E-state index in [1.165, 1.54) is 10.8 Å². The number of nitrogens with one attached hydrogen (secondary N) is 1. The first-order valence-electron chi connectivity index (χ1n) is 9.91. The second-order valence-corrected chi connectivity index (χ2v) is 6.81. The van der Waals surface area contributed by atoms with Crippen LogP contribution in [-0.4, -0.2) is 19.9 Å². The average molecular weight is 593 g/mol. The van der Waals surface area contributed by atoms with Crippen molar-refractivity contribution in [1.29, 1.82) is 0 Å². The van der Waals surface area contributed by atoms with Crippen LogP contribution in [0.1, 0.15) is 0 Å². The molecule has 0 unspecified atom stereocenters. The molecule has 6 aromatic rings. The zero-order valence-corrected chi connectivity index (χ0v) is 19.3. The van der Waals surface area contributed by atoms with Crippen LogP contribution in [-0.2, 0) is 20.1 Å². The fraction of sp³-hybridized carbons (Fsp3) is 0. The largest absolute Gasteiger partial charge is 0.325 e. The third kappa shape index (κ3) is 4.47. The van der Waals surface area contributed by atoms with Crippen LogP contribution in [0.4, 0.5) is 11.6 Å². The Morgan fingerprint density at radius 1 is 0.531 bits per heavy atom. The molecule has 0 aliphatic rings. The third-order valence-corrected chi connectivity index (χ3v) is 4.85. The number of hydrogen-bond donors (Lipinski definition) is 1. The topological polar surface area (TPSA) is 63.6 Å². The monoisotopic (exact) mass is 593 g/mol. The summed E-state index contributed by atoms with van der Waals surface area (Å²) in [7, 11) is 0. The molecule has 3 aromatic heterocycles. The van der Waals surface area contributed by atoms with E-state index in [-0.39, 0.29) is 20.1 Å². The Morgan fingerprint density at radius 2 is 1.12 bits per heavy atom. The maximum Gasteiger partial charge on any atom is 0.131 e. The van der Waals surface area contributed by atoms with Gasteiger partial charge in [0.15, 0.2) is 0 Å². The van der Waals surface area contributed by atoms with Gasteiger partial charge < -0.3 is 10.3 Å². The van der Waals surface area contributed by atoms with Gasteiger partial charge in [0.2, 0.25) is 0 Å². The molecular formula is C26H18IrN5-. The summed E-state index contributed by atoms with van der Waals surface area (Å²) >= 11 is 0. The van der Waals surface area contributed by atoms with Crippen molar-refractivity contribution in [2.24, 2.45) is 0 Å². The SMILES string of the molecule is [Ir].[c-]1cccc2c1c1nccnc1c1ccccc21.c1ccc(Nc2ccccn2)nc1. The minimum atomic E-state index is 0. The molecule has 0 aliphatic carbocycles. The Labute approximate surface area is 199 Å². The first-order valence-corrected chi connectivity index (χ1v) is 9.91. The molecule has 157 valence electrons. The minimum Gasteiger partial charge on any atom is -0.325 e. The van der Waals surface area contributed by atoms with Crippen LogP contribution in [0.25, 0.3) is 32.6 Å². The van der Waals surface area contributed by atoms with Crippen molar-refractivity contribution in [2.45, 2.75) is 0 Å². The molecule has 0 amide bonds. The summed E-state index contributed by atoms with van der Waals surface area (Å²) in [6.07, 6.45) is 6.96. The number of anilines is 2. The predicted octanol–water partition coefficient (Wildman–Crippen LogP) is 5.95. The Bertz CT molecular complexity index is 1200. The second-order valence-electron chi connectivity index (χ2n) is 6.81. The number of rotatable bonds is 2. The van der Waals surface area contributed by atoms with Crippen molar-refractivity contribution in [2.75, 3.05) is 5.32 Å². The molecule has 1 N–H and O–H groups in total. The molecule has 3 aromatic carbocycles. The number of nitrogens with zero attached hydrogens (tertiary/aromatic N) is 4. The van der Waals surface area contributed by atoms with Crippen molar-refractivity contribution in [3.63, 3.8) is 0 Å². The fourth-order valence-electron chi connectivity index (χ4n) is 3.50. The summed E-state index contributed by atoms with van der Waals surface area (Å²) in [4.78, 5) is 17.2. The van der Waals surface area contributed by atoms with Gasteiger partial charge in [-0.25, -0.2) is 9.97 Å². The molecule has 0 spiro atoms. The number of aromatic nitrogens is 4. The molecule has 5 nitrogen and oxygen atoms in total. The summed E-state index contributed by atoms with van der Waals surface area (Å²) in [5.41, 5.74) is 1.87. The molecular weight excluding hydrogens is 575 g/mol. The number of hydrogen-bond acceptors (Lipinski definition) is 5. The van der Waals surface area contributed by atoms with Gasteiger partial charge >= 0.3 is 0 Å². The van der Waals surface area contributed by atoms with E-state index < -0.39 is 0 Å². The van der Waals surface area contributed by atoms with Gasteiger partial charge in [-0.05, 0) is 29.7 Å². The smallest absolute Gasteiger partial charge is 0.131 e. The molecule has 0 fully saturated rings. The zero-order chi connectivity index (χ0) is 20.9. The van der Waals surface area contributed by atoms with E-state index in [1.807, 2.05) is 54.6 Å². The molecule has 0 atom stereocenters. The van der Waals surface area contributed by atoms with Crippen molar-refractivity contribution in [3.05, 3.63) is 110 Å². The quantitative estimate of drug-likeness (QED) is 0.199. The van der Waals surface area contributed by atoms with Crippen LogP contribution < -0.4 is 5.32 Å². The van der Waals surface area contributed by atoms with Gasteiger partial charge in [-0.15, -0.1) is 29.7 Å². The van der Waals surface area contributed by atoms with E-state index in [9.17, 15) is 0 Å². The number of pyridine rings is 2. The standard InChI is InChI=1S/C16H9N2.C10H9N3.Ir/c1-3-7-13-11(5-1)12-6-2-4-8-14(12)16-15(13)17-9-10-18-16;1-3-7-11-9(5-1)13-10-6-2-4-8-12-10;/h1-7,9-10H;1-8H,(H,11,12,13);/q-1;;.